The Hall–Kier alpha value is -1.80. The highest BCUT2D eigenvalue weighted by Crippen LogP contribution is 2.26. The highest BCUT2D eigenvalue weighted by molar-refractivity contribution is 5.00. The maximum Gasteiger partial charge on any atom is 0.147 e. The van der Waals surface area contributed by atoms with E-state index in [1.807, 2.05) is 10.9 Å². The molecule has 0 amide bonds. The summed E-state index contributed by atoms with van der Waals surface area (Å²) in [5, 5.41) is 17.1. The van der Waals surface area contributed by atoms with Crippen LogP contribution < -0.4 is 0 Å². The van der Waals surface area contributed by atoms with Gasteiger partial charge in [-0.3, -0.25) is 4.90 Å². The summed E-state index contributed by atoms with van der Waals surface area (Å²) in [4.78, 5) is 4.76. The molecule has 1 saturated heterocycles. The van der Waals surface area contributed by atoms with Crippen LogP contribution in [-0.2, 0) is 19.5 Å². The Morgan fingerprint density at radius 2 is 2.08 bits per heavy atom. The molecule has 0 unspecified atom stereocenters. The molecule has 130 valence electrons. The van der Waals surface area contributed by atoms with Crippen LogP contribution in [0.15, 0.2) is 12.4 Å². The van der Waals surface area contributed by atoms with E-state index < -0.39 is 0 Å². The SMILES string of the molecule is CN(C)[C@@H]1CN(Cc2nnc3n2CCCCC3)C[C@@H]1n1ccnn1. The third-order valence-electron chi connectivity index (χ3n) is 5.33. The largest absolute Gasteiger partial charge is 0.314 e. The first-order chi connectivity index (χ1) is 11.7. The first-order valence-corrected chi connectivity index (χ1v) is 8.88. The minimum absolute atomic E-state index is 0.328. The van der Waals surface area contributed by atoms with E-state index in [-0.39, 0.29) is 0 Å². The molecule has 4 heterocycles. The average molecular weight is 330 g/mol. The van der Waals surface area contributed by atoms with Crippen LogP contribution in [0.1, 0.15) is 37.0 Å². The van der Waals surface area contributed by atoms with Crippen LogP contribution in [0.3, 0.4) is 0 Å². The smallest absolute Gasteiger partial charge is 0.147 e. The van der Waals surface area contributed by atoms with Crippen molar-refractivity contribution in [3.63, 3.8) is 0 Å². The number of nitrogens with zero attached hydrogens (tertiary/aromatic N) is 8. The van der Waals surface area contributed by atoms with Crippen LogP contribution in [-0.4, -0.2) is 72.8 Å². The molecule has 2 aromatic heterocycles. The van der Waals surface area contributed by atoms with E-state index in [2.05, 4.69) is 49.0 Å². The average Bonchev–Trinajstić information content (AvgIpc) is 3.26. The van der Waals surface area contributed by atoms with Crippen molar-refractivity contribution >= 4 is 0 Å². The fourth-order valence-electron chi connectivity index (χ4n) is 4.00. The fraction of sp³-hybridized carbons (Fsp3) is 0.750. The van der Waals surface area contributed by atoms with Gasteiger partial charge < -0.3 is 9.47 Å². The second kappa shape index (κ2) is 6.60. The zero-order valence-corrected chi connectivity index (χ0v) is 14.5. The molecule has 0 N–H and O–H groups in total. The van der Waals surface area contributed by atoms with Crippen LogP contribution in [0.5, 0.6) is 0 Å². The highest BCUT2D eigenvalue weighted by atomic mass is 15.5. The number of hydrogen-bond acceptors (Lipinski definition) is 6. The van der Waals surface area contributed by atoms with Gasteiger partial charge in [0.15, 0.2) is 0 Å². The Labute approximate surface area is 142 Å². The minimum atomic E-state index is 0.328. The Balaban J connectivity index is 1.51. The quantitative estimate of drug-likeness (QED) is 0.817. The van der Waals surface area contributed by atoms with Crippen molar-refractivity contribution in [3.05, 3.63) is 24.0 Å². The van der Waals surface area contributed by atoms with E-state index in [0.717, 1.165) is 38.4 Å². The molecular formula is C16H26N8. The van der Waals surface area contributed by atoms with Gasteiger partial charge in [0.2, 0.25) is 0 Å². The monoisotopic (exact) mass is 330 g/mol. The van der Waals surface area contributed by atoms with Gasteiger partial charge in [-0.25, -0.2) is 4.68 Å². The molecule has 0 radical (unpaired) electrons. The number of likely N-dealkylation sites (N-methyl/N-ethyl adjacent to an activating group) is 1. The summed E-state index contributed by atoms with van der Waals surface area (Å²) < 4.78 is 4.34. The predicted octanol–water partition coefficient (Wildman–Crippen LogP) is 0.583. The normalized spacial score (nSPS) is 25.1. The molecule has 8 nitrogen and oxygen atoms in total. The molecule has 0 bridgehead atoms. The fourth-order valence-corrected chi connectivity index (χ4v) is 4.00. The van der Waals surface area contributed by atoms with E-state index in [9.17, 15) is 0 Å². The van der Waals surface area contributed by atoms with E-state index in [4.69, 9.17) is 0 Å². The molecule has 4 rings (SSSR count). The number of aromatic nitrogens is 6. The molecule has 0 spiro atoms. The molecule has 2 atom stereocenters. The van der Waals surface area contributed by atoms with Gasteiger partial charge in [0, 0.05) is 38.3 Å². The standard InChI is InChI=1S/C16H26N8/c1-21(2)13-10-22(11-14(13)24-9-7-17-20-24)12-16-19-18-15-6-4-3-5-8-23(15)16/h7,9,13-14H,3-6,8,10-12H2,1-2H3/t13-,14+/m1/s1. The Bertz CT molecular complexity index is 662. The molecule has 2 aromatic rings. The lowest BCUT2D eigenvalue weighted by Crippen LogP contribution is -2.36. The summed E-state index contributed by atoms with van der Waals surface area (Å²) in [6.45, 7) is 3.91. The van der Waals surface area contributed by atoms with Crippen molar-refractivity contribution < 1.29 is 0 Å². The molecule has 8 heteroatoms. The Morgan fingerprint density at radius 1 is 1.17 bits per heavy atom. The summed E-state index contributed by atoms with van der Waals surface area (Å²) in [6, 6.07) is 0.757. The number of likely N-dealkylation sites (tertiary alicyclic amines) is 1. The van der Waals surface area contributed by atoms with Gasteiger partial charge in [0.1, 0.15) is 11.6 Å². The van der Waals surface area contributed by atoms with Crippen LogP contribution in [0.25, 0.3) is 0 Å². The lowest BCUT2D eigenvalue weighted by Gasteiger charge is -2.24. The van der Waals surface area contributed by atoms with Crippen molar-refractivity contribution in [1.29, 1.82) is 0 Å². The van der Waals surface area contributed by atoms with Gasteiger partial charge in [-0.15, -0.1) is 15.3 Å². The third kappa shape index (κ3) is 2.95. The van der Waals surface area contributed by atoms with Crippen LogP contribution in [0.2, 0.25) is 0 Å². The third-order valence-corrected chi connectivity index (χ3v) is 5.33. The number of rotatable bonds is 4. The second-order valence-electron chi connectivity index (χ2n) is 7.17. The first-order valence-electron chi connectivity index (χ1n) is 8.88. The maximum absolute atomic E-state index is 4.48. The highest BCUT2D eigenvalue weighted by Gasteiger charge is 2.36. The van der Waals surface area contributed by atoms with Crippen LogP contribution >= 0.6 is 0 Å². The van der Waals surface area contributed by atoms with Crippen molar-refractivity contribution in [2.75, 3.05) is 27.2 Å². The summed E-state index contributed by atoms with van der Waals surface area (Å²) >= 11 is 0. The lowest BCUT2D eigenvalue weighted by atomic mass is 10.1. The summed E-state index contributed by atoms with van der Waals surface area (Å²) in [5.74, 6) is 2.28. The molecule has 1 fully saturated rings. The number of aryl methyl sites for hydroxylation is 1. The molecule has 0 aliphatic carbocycles. The van der Waals surface area contributed by atoms with E-state index in [1.54, 1.807) is 6.20 Å². The minimum Gasteiger partial charge on any atom is -0.314 e. The summed E-state index contributed by atoms with van der Waals surface area (Å²) in [7, 11) is 4.28. The van der Waals surface area contributed by atoms with Gasteiger partial charge >= 0.3 is 0 Å². The summed E-state index contributed by atoms with van der Waals surface area (Å²) in [5.41, 5.74) is 0. The topological polar surface area (TPSA) is 67.9 Å². The molecule has 24 heavy (non-hydrogen) atoms. The maximum atomic E-state index is 4.48. The number of fused-ring (bicyclic) bond motifs is 1. The molecule has 0 aromatic carbocycles. The zero-order valence-electron chi connectivity index (χ0n) is 14.5. The predicted molar refractivity (Wildman–Crippen MR) is 89.4 cm³/mol. The van der Waals surface area contributed by atoms with Crippen molar-refractivity contribution in [3.8, 4) is 0 Å². The lowest BCUT2D eigenvalue weighted by molar-refractivity contribution is 0.236. The van der Waals surface area contributed by atoms with E-state index >= 15 is 0 Å². The van der Waals surface area contributed by atoms with E-state index in [0.29, 0.717) is 12.1 Å². The molecule has 2 aliphatic rings. The van der Waals surface area contributed by atoms with Crippen LogP contribution in [0.4, 0.5) is 0 Å². The number of hydrogen-bond donors (Lipinski definition) is 0. The van der Waals surface area contributed by atoms with Gasteiger partial charge in [-0.05, 0) is 26.9 Å². The summed E-state index contributed by atoms with van der Waals surface area (Å²) in [6.07, 6.45) is 8.55. The van der Waals surface area contributed by atoms with Crippen molar-refractivity contribution in [2.24, 2.45) is 0 Å². The van der Waals surface area contributed by atoms with Gasteiger partial charge in [-0.1, -0.05) is 11.6 Å². The molecular weight excluding hydrogens is 304 g/mol. The van der Waals surface area contributed by atoms with Gasteiger partial charge in [0.25, 0.3) is 0 Å². The van der Waals surface area contributed by atoms with Crippen molar-refractivity contribution in [2.45, 2.75) is 50.9 Å². The zero-order chi connectivity index (χ0) is 16.5. The van der Waals surface area contributed by atoms with Gasteiger partial charge in [0.05, 0.1) is 18.8 Å². The Kier molecular flexibility index (Phi) is 4.32. The molecule has 2 aliphatic heterocycles. The van der Waals surface area contributed by atoms with Gasteiger partial charge in [-0.2, -0.15) is 0 Å². The van der Waals surface area contributed by atoms with Crippen LogP contribution in [0, 0.1) is 0 Å². The molecule has 0 saturated carbocycles. The van der Waals surface area contributed by atoms with E-state index in [1.165, 1.54) is 25.1 Å². The second-order valence-corrected chi connectivity index (χ2v) is 7.17. The Morgan fingerprint density at radius 3 is 2.88 bits per heavy atom. The first kappa shape index (κ1) is 15.7. The van der Waals surface area contributed by atoms with Crippen molar-refractivity contribution in [1.82, 2.24) is 39.6 Å².